The molecule has 3 nitrogen and oxygen atoms in total. The third kappa shape index (κ3) is 1.94. The van der Waals surface area contributed by atoms with Crippen LogP contribution in [0.15, 0.2) is 12.1 Å². The Bertz CT molecular complexity index is 324. The first kappa shape index (κ1) is 10.7. The third-order valence-corrected chi connectivity index (χ3v) is 3.59. The van der Waals surface area contributed by atoms with E-state index in [2.05, 4.69) is 35.6 Å². The fraction of sp³-hybridized carbons (Fsp3) is 0.667. The van der Waals surface area contributed by atoms with Gasteiger partial charge in [0.2, 0.25) is 0 Å². The molecule has 0 saturated carbocycles. The normalized spacial score (nSPS) is 19.7. The largest absolute Gasteiger partial charge is 0.349 e. The average Bonchev–Trinajstić information content (AvgIpc) is 2.85. The minimum atomic E-state index is 0.526. The molecule has 0 aromatic carbocycles. The van der Waals surface area contributed by atoms with Crippen molar-refractivity contribution in [2.24, 2.45) is 12.8 Å². The summed E-state index contributed by atoms with van der Waals surface area (Å²) < 4.78 is 2.24. The minimum Gasteiger partial charge on any atom is -0.349 e. The highest BCUT2D eigenvalue weighted by Gasteiger charge is 2.21. The third-order valence-electron chi connectivity index (χ3n) is 3.59. The predicted molar refractivity (Wildman–Crippen MR) is 62.5 cm³/mol. The van der Waals surface area contributed by atoms with Crippen molar-refractivity contribution in [3.8, 4) is 0 Å². The summed E-state index contributed by atoms with van der Waals surface area (Å²) in [6.07, 6.45) is 2.69. The van der Waals surface area contributed by atoms with Crippen molar-refractivity contribution >= 4 is 0 Å². The molecule has 1 aliphatic heterocycles. The molecule has 1 atom stereocenters. The maximum absolute atomic E-state index is 5.68. The molecule has 1 unspecified atom stereocenters. The van der Waals surface area contributed by atoms with Gasteiger partial charge < -0.3 is 10.3 Å². The van der Waals surface area contributed by atoms with Crippen molar-refractivity contribution in [3.05, 3.63) is 23.5 Å². The molecule has 0 bridgehead atoms. The highest BCUT2D eigenvalue weighted by atomic mass is 15.2. The number of rotatable bonds is 3. The smallest absolute Gasteiger partial charge is 0.0472 e. The maximum atomic E-state index is 5.68. The van der Waals surface area contributed by atoms with Gasteiger partial charge in [0.25, 0.3) is 0 Å². The Hall–Kier alpha value is -0.800. The summed E-state index contributed by atoms with van der Waals surface area (Å²) in [6, 6.07) is 4.88. The number of likely N-dealkylation sites (tertiary alicyclic amines) is 1. The Balaban J connectivity index is 2.17. The molecule has 0 radical (unpaired) electrons. The fourth-order valence-electron chi connectivity index (χ4n) is 2.51. The van der Waals surface area contributed by atoms with Gasteiger partial charge >= 0.3 is 0 Å². The molecule has 2 rings (SSSR count). The molecule has 0 spiro atoms. The molecule has 1 aliphatic rings. The zero-order chi connectivity index (χ0) is 10.8. The second kappa shape index (κ2) is 4.37. The van der Waals surface area contributed by atoms with E-state index < -0.39 is 0 Å². The van der Waals surface area contributed by atoms with E-state index in [0.29, 0.717) is 12.6 Å². The van der Waals surface area contributed by atoms with Crippen molar-refractivity contribution in [2.75, 3.05) is 13.1 Å². The van der Waals surface area contributed by atoms with Crippen molar-refractivity contribution in [2.45, 2.75) is 32.4 Å². The predicted octanol–water partition coefficient (Wildman–Crippen LogP) is 1.64. The van der Waals surface area contributed by atoms with Crippen LogP contribution in [0.1, 0.15) is 37.2 Å². The number of nitrogens with zero attached hydrogens (tertiary/aromatic N) is 2. The summed E-state index contributed by atoms with van der Waals surface area (Å²) in [6.45, 7) is 5.40. The SMILES string of the molecule is CC(c1ccc(CN)n1C)N1CCCC1. The van der Waals surface area contributed by atoms with Crippen LogP contribution >= 0.6 is 0 Å². The van der Waals surface area contributed by atoms with E-state index in [1.807, 2.05) is 0 Å². The Kier molecular flexibility index (Phi) is 3.12. The molecule has 0 amide bonds. The Morgan fingerprint density at radius 2 is 2.00 bits per heavy atom. The van der Waals surface area contributed by atoms with Crippen molar-refractivity contribution in [1.29, 1.82) is 0 Å². The van der Waals surface area contributed by atoms with Crippen LogP contribution in [0.25, 0.3) is 0 Å². The Labute approximate surface area is 91.9 Å². The van der Waals surface area contributed by atoms with Crippen molar-refractivity contribution in [3.63, 3.8) is 0 Å². The summed E-state index contributed by atoms with van der Waals surface area (Å²) in [5.41, 5.74) is 8.29. The summed E-state index contributed by atoms with van der Waals surface area (Å²) >= 11 is 0. The molecule has 1 saturated heterocycles. The second-order valence-corrected chi connectivity index (χ2v) is 4.43. The first-order valence-electron chi connectivity index (χ1n) is 5.82. The standard InChI is InChI=1S/C12H21N3/c1-10(15-7-3-4-8-15)12-6-5-11(9-13)14(12)2/h5-6,10H,3-4,7-9,13H2,1-2H3. The van der Waals surface area contributed by atoms with Crippen molar-refractivity contribution in [1.82, 2.24) is 9.47 Å². The van der Waals surface area contributed by atoms with Gasteiger partial charge in [-0.15, -0.1) is 0 Å². The van der Waals surface area contributed by atoms with Gasteiger partial charge in [0.1, 0.15) is 0 Å². The van der Waals surface area contributed by atoms with Crippen LogP contribution in [0.4, 0.5) is 0 Å². The minimum absolute atomic E-state index is 0.526. The molecular formula is C12H21N3. The molecule has 2 N–H and O–H groups in total. The lowest BCUT2D eigenvalue weighted by Crippen LogP contribution is -2.25. The summed E-state index contributed by atoms with van der Waals surface area (Å²) in [7, 11) is 2.12. The quantitative estimate of drug-likeness (QED) is 0.817. The number of hydrogen-bond donors (Lipinski definition) is 1. The second-order valence-electron chi connectivity index (χ2n) is 4.43. The van der Waals surface area contributed by atoms with E-state index in [9.17, 15) is 0 Å². The van der Waals surface area contributed by atoms with Gasteiger partial charge in [-0.3, -0.25) is 4.90 Å². The molecule has 1 aromatic rings. The summed E-state index contributed by atoms with van der Waals surface area (Å²) in [5, 5.41) is 0. The molecule has 15 heavy (non-hydrogen) atoms. The van der Waals surface area contributed by atoms with E-state index >= 15 is 0 Å². The topological polar surface area (TPSA) is 34.2 Å². The van der Waals surface area contributed by atoms with E-state index in [-0.39, 0.29) is 0 Å². The summed E-state index contributed by atoms with van der Waals surface area (Å²) in [4.78, 5) is 2.55. The Morgan fingerprint density at radius 1 is 1.33 bits per heavy atom. The number of aromatic nitrogens is 1. The average molecular weight is 207 g/mol. The molecule has 3 heteroatoms. The van der Waals surface area contributed by atoms with Crippen LogP contribution in [0.5, 0.6) is 0 Å². The molecule has 1 fully saturated rings. The molecular weight excluding hydrogens is 186 g/mol. The monoisotopic (exact) mass is 207 g/mol. The number of hydrogen-bond acceptors (Lipinski definition) is 2. The van der Waals surface area contributed by atoms with Crippen molar-refractivity contribution < 1.29 is 0 Å². The highest BCUT2D eigenvalue weighted by molar-refractivity contribution is 5.18. The Morgan fingerprint density at radius 3 is 2.53 bits per heavy atom. The van der Waals surface area contributed by atoms with E-state index in [1.165, 1.54) is 37.3 Å². The first-order valence-corrected chi connectivity index (χ1v) is 5.82. The van der Waals surface area contributed by atoms with Gasteiger partial charge in [-0.05, 0) is 45.0 Å². The van der Waals surface area contributed by atoms with Crippen LogP contribution < -0.4 is 5.73 Å². The van der Waals surface area contributed by atoms with Crippen LogP contribution in [0, 0.1) is 0 Å². The zero-order valence-electron chi connectivity index (χ0n) is 9.74. The lowest BCUT2D eigenvalue weighted by Gasteiger charge is -2.24. The van der Waals surface area contributed by atoms with E-state index in [0.717, 1.165) is 0 Å². The van der Waals surface area contributed by atoms with Crippen LogP contribution in [-0.4, -0.2) is 22.6 Å². The van der Waals surface area contributed by atoms with E-state index in [4.69, 9.17) is 5.73 Å². The van der Waals surface area contributed by atoms with Crippen LogP contribution in [-0.2, 0) is 13.6 Å². The van der Waals surface area contributed by atoms with Crippen LogP contribution in [0.3, 0.4) is 0 Å². The van der Waals surface area contributed by atoms with Gasteiger partial charge in [0, 0.05) is 31.0 Å². The fourth-order valence-corrected chi connectivity index (χ4v) is 2.51. The van der Waals surface area contributed by atoms with Gasteiger partial charge in [-0.1, -0.05) is 0 Å². The highest BCUT2D eigenvalue weighted by Crippen LogP contribution is 2.25. The van der Waals surface area contributed by atoms with Crippen LogP contribution in [0.2, 0.25) is 0 Å². The van der Waals surface area contributed by atoms with Gasteiger partial charge in [-0.25, -0.2) is 0 Å². The molecule has 1 aromatic heterocycles. The van der Waals surface area contributed by atoms with Gasteiger partial charge in [0.15, 0.2) is 0 Å². The maximum Gasteiger partial charge on any atom is 0.0472 e. The number of nitrogens with two attached hydrogens (primary N) is 1. The zero-order valence-corrected chi connectivity index (χ0v) is 9.74. The lowest BCUT2D eigenvalue weighted by atomic mass is 10.2. The molecule has 0 aliphatic carbocycles. The molecule has 84 valence electrons. The van der Waals surface area contributed by atoms with Gasteiger partial charge in [-0.2, -0.15) is 0 Å². The summed E-state index contributed by atoms with van der Waals surface area (Å²) in [5.74, 6) is 0. The lowest BCUT2D eigenvalue weighted by molar-refractivity contribution is 0.254. The molecule has 2 heterocycles. The van der Waals surface area contributed by atoms with Gasteiger partial charge in [0.05, 0.1) is 0 Å². The first-order chi connectivity index (χ1) is 7.24. The van der Waals surface area contributed by atoms with E-state index in [1.54, 1.807) is 0 Å².